The molecule has 0 unspecified atom stereocenters. The van der Waals surface area contributed by atoms with E-state index in [1.807, 2.05) is 0 Å². The molecule has 6 nitrogen and oxygen atoms in total. The Kier molecular flexibility index (Phi) is 2.72. The van der Waals surface area contributed by atoms with Crippen molar-refractivity contribution in [1.29, 1.82) is 0 Å². The molecule has 0 atom stereocenters. The van der Waals surface area contributed by atoms with Crippen LogP contribution in [0, 0.1) is 0 Å². The van der Waals surface area contributed by atoms with Crippen molar-refractivity contribution in [2.75, 3.05) is 11.4 Å². The number of rotatable bonds is 1. The molecule has 0 amide bonds. The first-order valence-electron chi connectivity index (χ1n) is 7.49. The molecule has 114 valence electrons. The lowest BCUT2D eigenvalue weighted by molar-refractivity contribution is 0.715. The fourth-order valence-corrected chi connectivity index (χ4v) is 3.86. The number of nitrogens with zero attached hydrogens (tertiary/aromatic N) is 4. The molecule has 0 saturated heterocycles. The number of hydrogen-bond acceptors (Lipinski definition) is 4. The van der Waals surface area contributed by atoms with Gasteiger partial charge in [0.15, 0.2) is 5.65 Å². The molecule has 7 heteroatoms. The van der Waals surface area contributed by atoms with Crippen molar-refractivity contribution in [3.63, 3.8) is 0 Å². The number of benzene rings is 1. The average molecular weight is 369 g/mol. The number of hydrogen-bond donors (Lipinski definition) is 2. The van der Waals surface area contributed by atoms with Crippen LogP contribution < -0.4 is 4.90 Å². The minimum absolute atomic E-state index is 0.685. The van der Waals surface area contributed by atoms with Gasteiger partial charge in [0.1, 0.15) is 16.7 Å². The van der Waals surface area contributed by atoms with Gasteiger partial charge in [-0.1, -0.05) is 18.2 Å². The van der Waals surface area contributed by atoms with Crippen LogP contribution in [0.25, 0.3) is 21.9 Å². The number of aromatic amines is 2. The van der Waals surface area contributed by atoms with Gasteiger partial charge in [0.05, 0.1) is 11.9 Å². The molecule has 0 bridgehead atoms. The summed E-state index contributed by atoms with van der Waals surface area (Å²) in [5.74, 6) is 0.917. The van der Waals surface area contributed by atoms with Crippen molar-refractivity contribution < 1.29 is 0 Å². The number of aromatic nitrogens is 5. The van der Waals surface area contributed by atoms with E-state index in [-0.39, 0.29) is 0 Å². The van der Waals surface area contributed by atoms with Crippen LogP contribution in [-0.2, 0) is 13.0 Å². The van der Waals surface area contributed by atoms with Gasteiger partial charge in [-0.25, -0.2) is 9.97 Å². The first-order valence-corrected chi connectivity index (χ1v) is 8.28. The van der Waals surface area contributed by atoms with E-state index in [0.717, 1.165) is 35.3 Å². The summed E-state index contributed by atoms with van der Waals surface area (Å²) in [4.78, 5) is 14.6. The maximum absolute atomic E-state index is 4.50. The largest absolute Gasteiger partial charge is 0.357 e. The summed E-state index contributed by atoms with van der Waals surface area (Å²) in [7, 11) is 0. The zero-order chi connectivity index (χ0) is 15.4. The Morgan fingerprint density at radius 2 is 2.09 bits per heavy atom. The summed E-state index contributed by atoms with van der Waals surface area (Å²) >= 11 is 3.51. The van der Waals surface area contributed by atoms with Gasteiger partial charge in [0.25, 0.3) is 0 Å². The van der Waals surface area contributed by atoms with Gasteiger partial charge >= 0.3 is 0 Å². The lowest BCUT2D eigenvalue weighted by atomic mass is 10.0. The third-order valence-electron chi connectivity index (χ3n) is 4.47. The van der Waals surface area contributed by atoms with Crippen LogP contribution in [0.1, 0.15) is 11.3 Å². The molecule has 1 aliphatic rings. The van der Waals surface area contributed by atoms with E-state index in [1.54, 1.807) is 6.33 Å². The molecule has 0 saturated carbocycles. The van der Waals surface area contributed by atoms with E-state index in [1.165, 1.54) is 22.2 Å². The minimum atomic E-state index is 0.685. The summed E-state index contributed by atoms with van der Waals surface area (Å²) in [6.45, 7) is 1.74. The highest BCUT2D eigenvalue weighted by molar-refractivity contribution is 9.10. The fraction of sp³-hybridized carbons (Fsp3) is 0.188. The van der Waals surface area contributed by atoms with Crippen LogP contribution in [0.4, 0.5) is 5.82 Å². The second-order valence-corrected chi connectivity index (χ2v) is 6.53. The third kappa shape index (κ3) is 1.89. The lowest BCUT2D eigenvalue weighted by Gasteiger charge is -2.28. The molecule has 23 heavy (non-hydrogen) atoms. The first kappa shape index (κ1) is 13.1. The Balaban J connectivity index is 1.62. The Morgan fingerprint density at radius 3 is 3.04 bits per heavy atom. The molecule has 0 spiro atoms. The monoisotopic (exact) mass is 368 g/mol. The Hall–Kier alpha value is -2.41. The number of nitrogens with one attached hydrogen (secondary N) is 2. The zero-order valence-corrected chi connectivity index (χ0v) is 13.8. The Labute approximate surface area is 140 Å². The van der Waals surface area contributed by atoms with E-state index in [0.29, 0.717) is 5.65 Å². The molecule has 4 heterocycles. The van der Waals surface area contributed by atoms with Crippen molar-refractivity contribution >= 4 is 43.7 Å². The van der Waals surface area contributed by atoms with Crippen LogP contribution in [-0.4, -0.2) is 31.7 Å². The molecule has 5 rings (SSSR count). The van der Waals surface area contributed by atoms with Crippen LogP contribution in [0.5, 0.6) is 0 Å². The summed E-state index contributed by atoms with van der Waals surface area (Å²) in [6.07, 6.45) is 2.58. The number of fused-ring (bicyclic) bond motifs is 4. The van der Waals surface area contributed by atoms with Crippen LogP contribution >= 0.6 is 15.9 Å². The fourth-order valence-electron chi connectivity index (χ4n) is 3.42. The van der Waals surface area contributed by atoms with E-state index in [2.05, 4.69) is 70.2 Å². The lowest BCUT2D eigenvalue weighted by Crippen LogP contribution is -2.31. The quantitative estimate of drug-likeness (QED) is 0.541. The topological polar surface area (TPSA) is 73.5 Å². The van der Waals surface area contributed by atoms with Gasteiger partial charge in [-0.15, -0.1) is 0 Å². The van der Waals surface area contributed by atoms with Gasteiger partial charge in [0.2, 0.25) is 0 Å². The molecule has 0 fully saturated rings. The van der Waals surface area contributed by atoms with Crippen LogP contribution in [0.2, 0.25) is 0 Å². The second-order valence-electron chi connectivity index (χ2n) is 5.73. The molecule has 3 aromatic heterocycles. The maximum atomic E-state index is 4.50. The SMILES string of the molecule is Brc1[nH]nc2ncnc(N3CCc4c([nH]c5ccccc45)C3)c12. The number of halogens is 1. The van der Waals surface area contributed by atoms with E-state index >= 15 is 0 Å². The second kappa shape index (κ2) is 4.79. The highest BCUT2D eigenvalue weighted by atomic mass is 79.9. The summed E-state index contributed by atoms with van der Waals surface area (Å²) in [6, 6.07) is 8.49. The molecule has 2 N–H and O–H groups in total. The smallest absolute Gasteiger partial charge is 0.187 e. The van der Waals surface area contributed by atoms with Gasteiger partial charge in [-0.3, -0.25) is 5.10 Å². The van der Waals surface area contributed by atoms with E-state index in [4.69, 9.17) is 0 Å². The number of para-hydroxylation sites is 1. The Morgan fingerprint density at radius 1 is 1.17 bits per heavy atom. The standard InChI is InChI=1S/C16H13BrN6/c17-14-13-15(22-21-14)18-8-19-16(13)23-6-5-10-9-3-1-2-4-11(9)20-12(10)7-23/h1-4,8,20H,5-7H2,(H,18,19,21,22). The molecular formula is C16H13BrN6. The van der Waals surface area contributed by atoms with Crippen molar-refractivity contribution in [1.82, 2.24) is 25.1 Å². The van der Waals surface area contributed by atoms with Gasteiger partial charge in [0, 0.05) is 23.1 Å². The van der Waals surface area contributed by atoms with Gasteiger partial charge < -0.3 is 9.88 Å². The molecule has 0 radical (unpaired) electrons. The summed E-state index contributed by atoms with van der Waals surface area (Å²) < 4.78 is 0.825. The number of anilines is 1. The minimum Gasteiger partial charge on any atom is -0.357 e. The summed E-state index contributed by atoms with van der Waals surface area (Å²) in [5, 5.41) is 9.39. The van der Waals surface area contributed by atoms with Gasteiger partial charge in [-0.2, -0.15) is 5.10 Å². The van der Waals surface area contributed by atoms with Crippen molar-refractivity contribution in [3.05, 3.63) is 46.5 Å². The maximum Gasteiger partial charge on any atom is 0.187 e. The first-order chi connectivity index (χ1) is 11.3. The molecule has 1 aliphatic heterocycles. The predicted molar refractivity (Wildman–Crippen MR) is 92.4 cm³/mol. The Bertz CT molecular complexity index is 1030. The van der Waals surface area contributed by atoms with Gasteiger partial charge in [-0.05, 0) is 34.0 Å². The molecule has 0 aliphatic carbocycles. The van der Waals surface area contributed by atoms with Crippen molar-refractivity contribution in [3.8, 4) is 0 Å². The highest BCUT2D eigenvalue weighted by Crippen LogP contribution is 2.33. The van der Waals surface area contributed by atoms with Crippen LogP contribution in [0.3, 0.4) is 0 Å². The number of H-pyrrole nitrogens is 2. The molecular weight excluding hydrogens is 356 g/mol. The van der Waals surface area contributed by atoms with E-state index in [9.17, 15) is 0 Å². The normalized spacial score (nSPS) is 14.6. The predicted octanol–water partition coefficient (Wildman–Crippen LogP) is 3.16. The van der Waals surface area contributed by atoms with E-state index < -0.39 is 0 Å². The van der Waals surface area contributed by atoms with Crippen LogP contribution in [0.15, 0.2) is 35.2 Å². The average Bonchev–Trinajstić information content (AvgIpc) is 3.15. The zero-order valence-electron chi connectivity index (χ0n) is 12.2. The molecule has 4 aromatic rings. The summed E-state index contributed by atoms with van der Waals surface area (Å²) in [5.41, 5.74) is 4.58. The van der Waals surface area contributed by atoms with Crippen molar-refractivity contribution in [2.45, 2.75) is 13.0 Å². The molecule has 1 aromatic carbocycles. The third-order valence-corrected chi connectivity index (χ3v) is 5.04. The highest BCUT2D eigenvalue weighted by Gasteiger charge is 2.24. The van der Waals surface area contributed by atoms with Crippen molar-refractivity contribution in [2.24, 2.45) is 0 Å².